The highest BCUT2D eigenvalue weighted by atomic mass is 32.1. The highest BCUT2D eigenvalue weighted by molar-refractivity contribution is 7.15. The lowest BCUT2D eigenvalue weighted by atomic mass is 9.80. The van der Waals surface area contributed by atoms with Crippen LogP contribution < -0.4 is 5.32 Å². The zero-order chi connectivity index (χ0) is 20.2. The topological polar surface area (TPSA) is 81.2 Å². The van der Waals surface area contributed by atoms with Crippen LogP contribution in [0.3, 0.4) is 0 Å². The van der Waals surface area contributed by atoms with Crippen molar-refractivity contribution in [2.75, 3.05) is 18.4 Å². The molecule has 1 aliphatic carbocycles. The van der Waals surface area contributed by atoms with Crippen molar-refractivity contribution in [3.8, 4) is 0 Å². The van der Waals surface area contributed by atoms with Gasteiger partial charge in [0, 0.05) is 41.4 Å². The molecule has 1 aromatic carbocycles. The second-order valence-corrected chi connectivity index (χ2v) is 8.92. The van der Waals surface area contributed by atoms with Crippen LogP contribution in [0.25, 0.3) is 10.9 Å². The third kappa shape index (κ3) is 3.38. The summed E-state index contributed by atoms with van der Waals surface area (Å²) >= 11 is 1.50. The zero-order valence-corrected chi connectivity index (χ0v) is 16.4. The third-order valence-corrected chi connectivity index (χ3v) is 6.80. The fourth-order valence-corrected chi connectivity index (χ4v) is 4.88. The maximum atomic E-state index is 13.4. The molecule has 3 aromatic rings. The van der Waals surface area contributed by atoms with E-state index in [1.54, 1.807) is 11.0 Å². The van der Waals surface area contributed by atoms with Crippen molar-refractivity contribution in [2.24, 2.45) is 0 Å². The first-order valence-corrected chi connectivity index (χ1v) is 10.4. The lowest BCUT2D eigenvalue weighted by molar-refractivity contribution is -0.0202. The number of halogens is 2. The minimum Gasteiger partial charge on any atom is -0.388 e. The molecular formula is C20H20F2N4O2S. The van der Waals surface area contributed by atoms with Crippen molar-refractivity contribution in [1.82, 2.24) is 14.9 Å². The number of benzene rings is 1. The summed E-state index contributed by atoms with van der Waals surface area (Å²) in [6.07, 6.45) is 3.32. The van der Waals surface area contributed by atoms with Crippen molar-refractivity contribution in [3.63, 3.8) is 0 Å². The number of hydrogen-bond acceptors (Lipinski definition) is 5. The molecule has 0 unspecified atom stereocenters. The fraction of sp³-hybridized carbons (Fsp3) is 0.400. The monoisotopic (exact) mass is 418 g/mol. The van der Waals surface area contributed by atoms with Gasteiger partial charge in [-0.3, -0.25) is 4.79 Å². The van der Waals surface area contributed by atoms with Gasteiger partial charge in [0.25, 0.3) is 5.91 Å². The minimum absolute atomic E-state index is 0.209. The van der Waals surface area contributed by atoms with Crippen LogP contribution in [0.15, 0.2) is 18.2 Å². The Morgan fingerprint density at radius 2 is 2.10 bits per heavy atom. The molecule has 2 aromatic heterocycles. The number of aromatic amines is 1. The molecule has 1 saturated carbocycles. The van der Waals surface area contributed by atoms with E-state index < -0.39 is 17.2 Å². The Bertz CT molecular complexity index is 1070. The quantitative estimate of drug-likeness (QED) is 0.606. The number of fused-ring (bicyclic) bond motifs is 2. The summed E-state index contributed by atoms with van der Waals surface area (Å²) in [5.74, 6) is -2.09. The number of H-pyrrole nitrogens is 1. The van der Waals surface area contributed by atoms with E-state index >= 15 is 0 Å². The van der Waals surface area contributed by atoms with Crippen LogP contribution >= 0.6 is 11.3 Å². The molecule has 6 nitrogen and oxygen atoms in total. The van der Waals surface area contributed by atoms with Crippen molar-refractivity contribution in [3.05, 3.63) is 46.1 Å². The summed E-state index contributed by atoms with van der Waals surface area (Å²) in [7, 11) is 0. The van der Waals surface area contributed by atoms with E-state index in [2.05, 4.69) is 15.3 Å². The number of aromatic nitrogens is 2. The Morgan fingerprint density at radius 3 is 2.86 bits per heavy atom. The molecule has 1 aliphatic heterocycles. The SMILES string of the molecule is O=C(c1cc2cc(F)c(F)cc2[nH]1)N1CCc2nc(NCC3(O)CCC3)sc2C1. The average molecular weight is 418 g/mol. The number of nitrogens with zero attached hydrogens (tertiary/aromatic N) is 2. The van der Waals surface area contributed by atoms with Crippen molar-refractivity contribution < 1.29 is 18.7 Å². The highest BCUT2D eigenvalue weighted by Crippen LogP contribution is 2.34. The maximum Gasteiger partial charge on any atom is 0.270 e. The Morgan fingerprint density at radius 1 is 1.31 bits per heavy atom. The van der Waals surface area contributed by atoms with E-state index in [0.717, 1.165) is 47.1 Å². The normalized spacial score (nSPS) is 17.8. The second-order valence-electron chi connectivity index (χ2n) is 7.83. The Labute approximate surface area is 169 Å². The van der Waals surface area contributed by atoms with Gasteiger partial charge in [-0.1, -0.05) is 11.3 Å². The minimum atomic E-state index is -0.947. The summed E-state index contributed by atoms with van der Waals surface area (Å²) in [5.41, 5.74) is 1.05. The molecule has 29 heavy (non-hydrogen) atoms. The molecule has 0 bridgehead atoms. The molecular weight excluding hydrogens is 398 g/mol. The number of nitrogens with one attached hydrogen (secondary N) is 2. The van der Waals surface area contributed by atoms with E-state index in [4.69, 9.17) is 0 Å². The number of hydrogen-bond donors (Lipinski definition) is 3. The molecule has 2 aliphatic rings. The first-order chi connectivity index (χ1) is 13.9. The average Bonchev–Trinajstić information content (AvgIpc) is 3.27. The van der Waals surface area contributed by atoms with Crippen LogP contribution in [0.5, 0.6) is 0 Å². The zero-order valence-electron chi connectivity index (χ0n) is 15.6. The standard InChI is InChI=1S/C20H20F2N4O2S/c21-12-6-11-7-16(24-15(11)8-13(12)22)18(27)26-5-2-14-17(9-26)29-19(25-14)23-10-20(28)3-1-4-20/h6-8,24,28H,1-5,9-10H2,(H,23,25). The number of amides is 1. The highest BCUT2D eigenvalue weighted by Gasteiger charge is 2.34. The summed E-state index contributed by atoms with van der Waals surface area (Å²) in [6.45, 7) is 1.46. The van der Waals surface area contributed by atoms with Gasteiger partial charge in [0.05, 0.1) is 17.8 Å². The van der Waals surface area contributed by atoms with Crippen LogP contribution in [0.4, 0.5) is 13.9 Å². The summed E-state index contributed by atoms with van der Waals surface area (Å²) < 4.78 is 26.9. The van der Waals surface area contributed by atoms with Crippen LogP contribution in [0.1, 0.15) is 40.3 Å². The van der Waals surface area contributed by atoms with E-state index in [1.165, 1.54) is 11.3 Å². The van der Waals surface area contributed by atoms with Crippen molar-refractivity contribution in [1.29, 1.82) is 0 Å². The van der Waals surface area contributed by atoms with Gasteiger partial charge in [0.15, 0.2) is 16.8 Å². The van der Waals surface area contributed by atoms with Crippen LogP contribution in [-0.2, 0) is 13.0 Å². The summed E-state index contributed by atoms with van der Waals surface area (Å²) in [5, 5.41) is 14.7. The van der Waals surface area contributed by atoms with Crippen molar-refractivity contribution in [2.45, 2.75) is 37.8 Å². The molecule has 9 heteroatoms. The van der Waals surface area contributed by atoms with E-state index in [1.807, 2.05) is 0 Å². The van der Waals surface area contributed by atoms with Gasteiger partial charge in [-0.05, 0) is 31.4 Å². The van der Waals surface area contributed by atoms with E-state index in [-0.39, 0.29) is 5.91 Å². The molecule has 152 valence electrons. The van der Waals surface area contributed by atoms with Gasteiger partial charge in [-0.2, -0.15) is 0 Å². The number of thiazole rings is 1. The number of aliphatic hydroxyl groups is 1. The second kappa shape index (κ2) is 6.77. The third-order valence-electron chi connectivity index (χ3n) is 5.76. The smallest absolute Gasteiger partial charge is 0.270 e. The van der Waals surface area contributed by atoms with E-state index in [9.17, 15) is 18.7 Å². The van der Waals surface area contributed by atoms with Crippen LogP contribution in [-0.4, -0.2) is 44.6 Å². The van der Waals surface area contributed by atoms with Gasteiger partial charge in [0.1, 0.15) is 5.69 Å². The first kappa shape index (κ1) is 18.5. The lowest BCUT2D eigenvalue weighted by Crippen LogP contribution is -2.43. The molecule has 0 atom stereocenters. The lowest BCUT2D eigenvalue weighted by Gasteiger charge is -2.36. The Kier molecular flexibility index (Phi) is 4.32. The van der Waals surface area contributed by atoms with Gasteiger partial charge < -0.3 is 20.3 Å². The van der Waals surface area contributed by atoms with Gasteiger partial charge in [0.2, 0.25) is 0 Å². The fourth-order valence-electron chi connectivity index (χ4n) is 3.86. The molecule has 0 radical (unpaired) electrons. The molecule has 0 spiro atoms. The van der Waals surface area contributed by atoms with Crippen molar-refractivity contribution >= 4 is 33.3 Å². The maximum absolute atomic E-state index is 13.4. The summed E-state index contributed by atoms with van der Waals surface area (Å²) in [4.78, 5) is 23.1. The molecule has 1 fully saturated rings. The molecule has 1 amide bonds. The molecule has 0 saturated heterocycles. The predicted molar refractivity (Wildman–Crippen MR) is 106 cm³/mol. The molecule has 3 heterocycles. The van der Waals surface area contributed by atoms with Crippen LogP contribution in [0.2, 0.25) is 0 Å². The molecule has 5 rings (SSSR count). The van der Waals surface area contributed by atoms with Gasteiger partial charge >= 0.3 is 0 Å². The number of carbonyl (C=O) groups is 1. The van der Waals surface area contributed by atoms with Gasteiger partial charge in [-0.15, -0.1) is 0 Å². The predicted octanol–water partition coefficient (Wildman–Crippen LogP) is 3.43. The van der Waals surface area contributed by atoms with Crippen LogP contribution in [0, 0.1) is 11.6 Å². The number of anilines is 1. The number of carbonyl (C=O) groups excluding carboxylic acids is 1. The number of rotatable bonds is 4. The van der Waals surface area contributed by atoms with E-state index in [0.29, 0.717) is 42.7 Å². The molecule has 3 N–H and O–H groups in total. The largest absolute Gasteiger partial charge is 0.388 e. The van der Waals surface area contributed by atoms with Gasteiger partial charge in [-0.25, -0.2) is 13.8 Å². The summed E-state index contributed by atoms with van der Waals surface area (Å²) in [6, 6.07) is 3.70. The Balaban J connectivity index is 1.30. The first-order valence-electron chi connectivity index (χ1n) is 9.62. The Hall–Kier alpha value is -2.52.